The minimum atomic E-state index is -1.12. The molecule has 0 unspecified atom stereocenters. The summed E-state index contributed by atoms with van der Waals surface area (Å²) in [4.78, 5) is 38.7. The molecule has 0 aliphatic rings. The third-order valence-corrected chi connectivity index (χ3v) is 4.69. The van der Waals surface area contributed by atoms with Crippen LogP contribution < -0.4 is 10.4 Å². The molecule has 0 spiro atoms. The molecule has 1 N–H and O–H groups in total. The molecule has 0 atom stereocenters. The first-order valence-electron chi connectivity index (χ1n) is 5.86. The van der Waals surface area contributed by atoms with Crippen molar-refractivity contribution in [1.82, 2.24) is 9.55 Å². The van der Waals surface area contributed by atoms with Crippen molar-refractivity contribution >= 4 is 38.7 Å². The average molecular weight is 320 g/mol. The summed E-state index contributed by atoms with van der Waals surface area (Å²) in [7, 11) is 0. The molecule has 8 heteroatoms. The second kappa shape index (κ2) is 5.23. The molecule has 0 radical (unpaired) electrons. The number of nitrogens with zero attached hydrogens (tertiary/aromatic N) is 2. The second-order valence-electron chi connectivity index (χ2n) is 4.20. The molecule has 0 saturated heterocycles. The van der Waals surface area contributed by atoms with E-state index in [0.717, 1.165) is 27.2 Å². The number of aromatic carboxylic acids is 1. The molecule has 6 nitrogen and oxygen atoms in total. The predicted molar refractivity (Wildman–Crippen MR) is 80.5 cm³/mol. The fourth-order valence-electron chi connectivity index (χ4n) is 1.89. The Balaban J connectivity index is 2.10. The van der Waals surface area contributed by atoms with E-state index in [1.807, 2.05) is 0 Å². The summed E-state index contributed by atoms with van der Waals surface area (Å²) in [5, 5.41) is 10.8. The summed E-state index contributed by atoms with van der Waals surface area (Å²) in [6.45, 7) is -0.0250. The SMILES string of the molecule is O=C(O)c1nc(Cn2c(=O)sc3ccccc3c2=O)cs1. The zero-order valence-electron chi connectivity index (χ0n) is 10.5. The zero-order chi connectivity index (χ0) is 15.0. The van der Waals surface area contributed by atoms with Crippen LogP contribution in [0.25, 0.3) is 10.1 Å². The number of hydrogen-bond donors (Lipinski definition) is 1. The van der Waals surface area contributed by atoms with Gasteiger partial charge >= 0.3 is 10.8 Å². The van der Waals surface area contributed by atoms with E-state index in [1.165, 1.54) is 5.38 Å². The largest absolute Gasteiger partial charge is 0.476 e. The lowest BCUT2D eigenvalue weighted by atomic mass is 10.3. The van der Waals surface area contributed by atoms with Crippen molar-refractivity contribution in [2.45, 2.75) is 6.54 Å². The van der Waals surface area contributed by atoms with Crippen LogP contribution in [0.15, 0.2) is 39.2 Å². The number of thiazole rings is 1. The number of rotatable bonds is 3. The summed E-state index contributed by atoms with van der Waals surface area (Å²) in [6, 6.07) is 6.88. The quantitative estimate of drug-likeness (QED) is 0.792. The normalized spacial score (nSPS) is 10.9. The maximum absolute atomic E-state index is 12.3. The second-order valence-corrected chi connectivity index (χ2v) is 6.06. The molecular formula is C13H8N2O4S2. The van der Waals surface area contributed by atoms with Gasteiger partial charge in [-0.3, -0.25) is 14.2 Å². The number of aromatic nitrogens is 2. The first-order chi connectivity index (χ1) is 10.1. The van der Waals surface area contributed by atoms with Gasteiger partial charge in [-0.05, 0) is 12.1 Å². The predicted octanol–water partition coefficient (Wildman–Crippen LogP) is 1.63. The summed E-state index contributed by atoms with van der Waals surface area (Å²) >= 11 is 1.95. The first kappa shape index (κ1) is 13.7. The van der Waals surface area contributed by atoms with Crippen LogP contribution >= 0.6 is 22.7 Å². The monoisotopic (exact) mass is 320 g/mol. The minimum absolute atomic E-state index is 0.0250. The lowest BCUT2D eigenvalue weighted by Gasteiger charge is -2.03. The Morgan fingerprint density at radius 3 is 2.76 bits per heavy atom. The lowest BCUT2D eigenvalue weighted by Crippen LogP contribution is -2.31. The number of hydrogen-bond acceptors (Lipinski definition) is 6. The van der Waals surface area contributed by atoms with Crippen molar-refractivity contribution < 1.29 is 9.90 Å². The Morgan fingerprint density at radius 1 is 1.29 bits per heavy atom. The number of benzene rings is 1. The zero-order valence-corrected chi connectivity index (χ0v) is 12.1. The van der Waals surface area contributed by atoms with E-state index in [4.69, 9.17) is 5.11 Å². The smallest absolute Gasteiger partial charge is 0.365 e. The summed E-state index contributed by atoms with van der Waals surface area (Å²) in [6.07, 6.45) is 0. The van der Waals surface area contributed by atoms with E-state index < -0.39 is 5.97 Å². The van der Waals surface area contributed by atoms with Crippen LogP contribution in [-0.4, -0.2) is 20.6 Å². The molecule has 0 amide bonds. The van der Waals surface area contributed by atoms with Crippen molar-refractivity contribution in [3.8, 4) is 0 Å². The number of carboxylic acid groups (broad SMARTS) is 1. The third kappa shape index (κ3) is 2.50. The van der Waals surface area contributed by atoms with Crippen molar-refractivity contribution in [2.75, 3.05) is 0 Å². The van der Waals surface area contributed by atoms with Gasteiger partial charge in [0.25, 0.3) is 5.56 Å². The van der Waals surface area contributed by atoms with Gasteiger partial charge in [0, 0.05) is 10.1 Å². The highest BCUT2D eigenvalue weighted by Gasteiger charge is 2.12. The van der Waals surface area contributed by atoms with Gasteiger partial charge in [-0.25, -0.2) is 9.78 Å². The highest BCUT2D eigenvalue weighted by Crippen LogP contribution is 2.13. The Kier molecular flexibility index (Phi) is 3.40. The molecule has 21 heavy (non-hydrogen) atoms. The molecule has 0 aliphatic carbocycles. The molecule has 3 aromatic rings. The Bertz CT molecular complexity index is 954. The molecular weight excluding hydrogens is 312 g/mol. The molecule has 1 aromatic carbocycles. The van der Waals surface area contributed by atoms with Crippen LogP contribution in [0.4, 0.5) is 0 Å². The molecule has 2 heterocycles. The van der Waals surface area contributed by atoms with Gasteiger partial charge in [0.1, 0.15) is 0 Å². The van der Waals surface area contributed by atoms with Gasteiger partial charge < -0.3 is 5.11 Å². The van der Waals surface area contributed by atoms with Crippen LogP contribution in [0.5, 0.6) is 0 Å². The van der Waals surface area contributed by atoms with Crippen molar-refractivity contribution in [3.63, 3.8) is 0 Å². The van der Waals surface area contributed by atoms with E-state index in [-0.39, 0.29) is 22.0 Å². The molecule has 3 rings (SSSR count). The van der Waals surface area contributed by atoms with Gasteiger partial charge in [-0.2, -0.15) is 0 Å². The van der Waals surface area contributed by atoms with Crippen LogP contribution in [0.3, 0.4) is 0 Å². The molecule has 0 saturated carbocycles. The molecule has 0 aliphatic heterocycles. The number of carboxylic acids is 1. The van der Waals surface area contributed by atoms with E-state index in [1.54, 1.807) is 24.3 Å². The fraction of sp³-hybridized carbons (Fsp3) is 0.0769. The van der Waals surface area contributed by atoms with Crippen LogP contribution in [0.1, 0.15) is 15.5 Å². The molecule has 0 bridgehead atoms. The van der Waals surface area contributed by atoms with Crippen molar-refractivity contribution in [1.29, 1.82) is 0 Å². The Hall–Kier alpha value is -2.32. The van der Waals surface area contributed by atoms with Gasteiger partial charge in [0.2, 0.25) is 5.01 Å². The van der Waals surface area contributed by atoms with Crippen molar-refractivity contribution in [2.24, 2.45) is 0 Å². The van der Waals surface area contributed by atoms with E-state index in [2.05, 4.69) is 4.98 Å². The van der Waals surface area contributed by atoms with Crippen LogP contribution in [0.2, 0.25) is 0 Å². The lowest BCUT2D eigenvalue weighted by molar-refractivity contribution is 0.0696. The number of fused-ring (bicyclic) bond motifs is 1. The van der Waals surface area contributed by atoms with E-state index in [0.29, 0.717) is 15.8 Å². The minimum Gasteiger partial charge on any atom is -0.476 e. The molecule has 0 fully saturated rings. The highest BCUT2D eigenvalue weighted by atomic mass is 32.1. The van der Waals surface area contributed by atoms with Crippen molar-refractivity contribution in [3.05, 3.63) is 60.4 Å². The highest BCUT2D eigenvalue weighted by molar-refractivity contribution is 7.16. The van der Waals surface area contributed by atoms with E-state index in [9.17, 15) is 14.4 Å². The van der Waals surface area contributed by atoms with Gasteiger partial charge in [0.15, 0.2) is 0 Å². The summed E-state index contributed by atoms with van der Waals surface area (Å²) in [5.41, 5.74) is -0.00157. The van der Waals surface area contributed by atoms with Crippen LogP contribution in [0, 0.1) is 0 Å². The summed E-state index contributed by atoms with van der Waals surface area (Å²) < 4.78 is 1.71. The Labute approximate surface area is 125 Å². The van der Waals surface area contributed by atoms with E-state index >= 15 is 0 Å². The number of carbonyl (C=O) groups is 1. The van der Waals surface area contributed by atoms with Crippen LogP contribution in [-0.2, 0) is 6.54 Å². The maximum Gasteiger partial charge on any atom is 0.365 e. The summed E-state index contributed by atoms with van der Waals surface area (Å²) in [5.74, 6) is -1.12. The molecule has 2 aromatic heterocycles. The van der Waals surface area contributed by atoms with Gasteiger partial charge in [0.05, 0.1) is 17.6 Å². The molecule has 106 valence electrons. The van der Waals surface area contributed by atoms with Gasteiger partial charge in [-0.1, -0.05) is 23.5 Å². The third-order valence-electron chi connectivity index (χ3n) is 2.84. The van der Waals surface area contributed by atoms with Gasteiger partial charge in [-0.15, -0.1) is 11.3 Å². The first-order valence-corrected chi connectivity index (χ1v) is 7.56. The standard InChI is InChI=1S/C13H8N2O4S2/c16-11-8-3-1-2-4-9(8)21-13(19)15(11)5-7-6-20-10(14-7)12(17)18/h1-4,6H,5H2,(H,17,18). The average Bonchev–Trinajstić information content (AvgIpc) is 2.92. The Morgan fingerprint density at radius 2 is 2.05 bits per heavy atom. The fourth-order valence-corrected chi connectivity index (χ4v) is 3.39. The maximum atomic E-state index is 12.3. The topological polar surface area (TPSA) is 89.3 Å².